The number of amides is 2. The Labute approximate surface area is 209 Å². The number of rotatable bonds is 9. The van der Waals surface area contributed by atoms with E-state index in [9.17, 15) is 14.4 Å². The first-order chi connectivity index (χ1) is 16.2. The standard InChI is InChI=1S/C27H38N2O5Si/c1-27(2,3)33-26(32)29(4)23(19-21-16-12-9-13-17-21)24(30)28-22(25(31)34-35(5,6)7)18-20-14-10-8-11-15-20/h8-17,22-23H,18-19H2,1-7H3,(H,28,30)/t22-,23-/m0/s1. The lowest BCUT2D eigenvalue weighted by Crippen LogP contribution is -2.55. The van der Waals surface area contributed by atoms with Crippen LogP contribution >= 0.6 is 0 Å². The maximum atomic E-state index is 13.6. The summed E-state index contributed by atoms with van der Waals surface area (Å²) < 4.78 is 11.2. The Morgan fingerprint density at radius 1 is 0.886 bits per heavy atom. The molecule has 35 heavy (non-hydrogen) atoms. The van der Waals surface area contributed by atoms with Gasteiger partial charge >= 0.3 is 12.1 Å². The summed E-state index contributed by atoms with van der Waals surface area (Å²) in [5.74, 6) is -0.921. The van der Waals surface area contributed by atoms with Gasteiger partial charge in [-0.05, 0) is 51.5 Å². The highest BCUT2D eigenvalue weighted by atomic mass is 28.4. The third-order valence-electron chi connectivity index (χ3n) is 5.01. The molecule has 2 atom stereocenters. The van der Waals surface area contributed by atoms with Gasteiger partial charge in [0.15, 0.2) is 0 Å². The van der Waals surface area contributed by atoms with Crippen LogP contribution in [-0.2, 0) is 31.6 Å². The fourth-order valence-corrected chi connectivity index (χ4v) is 4.13. The van der Waals surface area contributed by atoms with Crippen LogP contribution in [0.1, 0.15) is 31.9 Å². The van der Waals surface area contributed by atoms with Crippen molar-refractivity contribution in [1.29, 1.82) is 0 Å². The average molecular weight is 499 g/mol. The van der Waals surface area contributed by atoms with Crippen molar-refractivity contribution >= 4 is 26.3 Å². The molecule has 0 aliphatic carbocycles. The number of carbonyl (C=O) groups excluding carboxylic acids is 3. The van der Waals surface area contributed by atoms with Gasteiger partial charge in [0, 0.05) is 19.9 Å². The average Bonchev–Trinajstić information content (AvgIpc) is 2.75. The van der Waals surface area contributed by atoms with Gasteiger partial charge in [-0.1, -0.05) is 60.7 Å². The van der Waals surface area contributed by atoms with Crippen molar-refractivity contribution in [3.05, 3.63) is 71.8 Å². The number of likely N-dealkylation sites (N-methyl/N-ethyl adjacent to an activating group) is 1. The largest absolute Gasteiger partial charge is 0.518 e. The van der Waals surface area contributed by atoms with Gasteiger partial charge in [0.25, 0.3) is 0 Å². The Morgan fingerprint density at radius 2 is 1.37 bits per heavy atom. The summed E-state index contributed by atoms with van der Waals surface area (Å²) in [4.78, 5) is 40.8. The van der Waals surface area contributed by atoms with Crippen LogP contribution in [0.25, 0.3) is 0 Å². The molecule has 1 N–H and O–H groups in total. The highest BCUT2D eigenvalue weighted by Gasteiger charge is 2.34. The first-order valence-electron chi connectivity index (χ1n) is 11.8. The van der Waals surface area contributed by atoms with E-state index in [2.05, 4.69) is 5.32 Å². The molecule has 0 aromatic heterocycles. The predicted molar refractivity (Wildman–Crippen MR) is 139 cm³/mol. The first-order valence-corrected chi connectivity index (χ1v) is 15.2. The van der Waals surface area contributed by atoms with Crippen molar-refractivity contribution in [2.75, 3.05) is 7.05 Å². The van der Waals surface area contributed by atoms with Gasteiger partial charge < -0.3 is 14.5 Å². The topological polar surface area (TPSA) is 84.9 Å². The molecular weight excluding hydrogens is 460 g/mol. The molecule has 0 heterocycles. The number of benzene rings is 2. The van der Waals surface area contributed by atoms with Crippen LogP contribution in [0.15, 0.2) is 60.7 Å². The molecule has 0 bridgehead atoms. The highest BCUT2D eigenvalue weighted by Crippen LogP contribution is 2.16. The van der Waals surface area contributed by atoms with E-state index in [1.54, 1.807) is 20.8 Å². The third-order valence-corrected chi connectivity index (χ3v) is 5.83. The summed E-state index contributed by atoms with van der Waals surface area (Å²) in [6, 6.07) is 17.1. The molecule has 2 aromatic rings. The Balaban J connectivity index is 2.32. The number of nitrogens with zero attached hydrogens (tertiary/aromatic N) is 1. The van der Waals surface area contributed by atoms with Crippen molar-refractivity contribution in [2.45, 2.75) is 70.9 Å². The van der Waals surface area contributed by atoms with Crippen LogP contribution in [0.4, 0.5) is 4.79 Å². The fraction of sp³-hybridized carbons (Fsp3) is 0.444. The Bertz CT molecular complexity index is 984. The number of carbonyl (C=O) groups is 3. The minimum Gasteiger partial charge on any atom is -0.518 e. The maximum absolute atomic E-state index is 13.6. The maximum Gasteiger partial charge on any atom is 0.410 e. The zero-order valence-corrected chi connectivity index (χ0v) is 22.8. The lowest BCUT2D eigenvalue weighted by molar-refractivity contribution is -0.140. The molecule has 2 rings (SSSR count). The van der Waals surface area contributed by atoms with Crippen LogP contribution < -0.4 is 5.32 Å². The van der Waals surface area contributed by atoms with Gasteiger partial charge in [-0.15, -0.1) is 0 Å². The monoisotopic (exact) mass is 498 g/mol. The predicted octanol–water partition coefficient (Wildman–Crippen LogP) is 4.57. The molecule has 0 fully saturated rings. The number of ether oxygens (including phenoxy) is 1. The van der Waals surface area contributed by atoms with E-state index >= 15 is 0 Å². The Morgan fingerprint density at radius 3 is 1.83 bits per heavy atom. The van der Waals surface area contributed by atoms with Crippen LogP contribution in [0.2, 0.25) is 19.6 Å². The zero-order valence-electron chi connectivity index (χ0n) is 21.8. The number of hydrogen-bond acceptors (Lipinski definition) is 5. The Kier molecular flexibility index (Phi) is 9.65. The van der Waals surface area contributed by atoms with E-state index < -0.39 is 44.0 Å². The quantitative estimate of drug-likeness (QED) is 0.512. The van der Waals surface area contributed by atoms with Crippen molar-refractivity contribution in [3.8, 4) is 0 Å². The summed E-state index contributed by atoms with van der Waals surface area (Å²) in [7, 11) is -0.656. The molecule has 8 heteroatoms. The lowest BCUT2D eigenvalue weighted by Gasteiger charge is -2.31. The summed E-state index contributed by atoms with van der Waals surface area (Å²) in [5, 5.41) is 2.87. The second-order valence-electron chi connectivity index (χ2n) is 10.6. The summed E-state index contributed by atoms with van der Waals surface area (Å²) in [5.41, 5.74) is 1.06. The van der Waals surface area contributed by atoms with Crippen LogP contribution in [0.3, 0.4) is 0 Å². The second kappa shape index (κ2) is 12.0. The number of nitrogens with one attached hydrogen (secondary N) is 1. The molecule has 0 spiro atoms. The van der Waals surface area contributed by atoms with E-state index in [4.69, 9.17) is 9.16 Å². The highest BCUT2D eigenvalue weighted by molar-refractivity contribution is 6.71. The third kappa shape index (κ3) is 9.94. The molecule has 190 valence electrons. The van der Waals surface area contributed by atoms with Crippen molar-refractivity contribution in [2.24, 2.45) is 0 Å². The van der Waals surface area contributed by atoms with Gasteiger partial charge in [-0.3, -0.25) is 14.5 Å². The second-order valence-corrected chi connectivity index (χ2v) is 15.0. The molecule has 7 nitrogen and oxygen atoms in total. The molecular formula is C27H38N2O5Si. The summed E-state index contributed by atoms with van der Waals surface area (Å²) in [6.07, 6.45) is -0.0638. The van der Waals surface area contributed by atoms with Gasteiger partial charge in [0.1, 0.15) is 17.7 Å². The fourth-order valence-electron chi connectivity index (χ4n) is 3.39. The molecule has 2 aromatic carbocycles. The van der Waals surface area contributed by atoms with Crippen molar-refractivity contribution in [3.63, 3.8) is 0 Å². The van der Waals surface area contributed by atoms with E-state index in [0.717, 1.165) is 11.1 Å². The summed E-state index contributed by atoms with van der Waals surface area (Å²) >= 11 is 0. The number of hydrogen-bond donors (Lipinski definition) is 1. The van der Waals surface area contributed by atoms with Gasteiger partial charge in [0.05, 0.1) is 0 Å². The van der Waals surface area contributed by atoms with Crippen LogP contribution in [-0.4, -0.2) is 55.9 Å². The van der Waals surface area contributed by atoms with Gasteiger partial charge in [-0.2, -0.15) is 0 Å². The normalized spacial score (nSPS) is 13.3. The molecule has 0 saturated carbocycles. The van der Waals surface area contributed by atoms with Crippen LogP contribution in [0.5, 0.6) is 0 Å². The minimum atomic E-state index is -2.19. The van der Waals surface area contributed by atoms with E-state index in [1.807, 2.05) is 80.3 Å². The van der Waals surface area contributed by atoms with Crippen LogP contribution in [0, 0.1) is 0 Å². The van der Waals surface area contributed by atoms with E-state index in [1.165, 1.54) is 11.9 Å². The van der Waals surface area contributed by atoms with E-state index in [-0.39, 0.29) is 12.8 Å². The SMILES string of the molecule is CN(C(=O)OC(C)(C)C)[C@@H](Cc1ccccc1)C(=O)N[C@@H](Cc1ccccc1)C(=O)O[Si](C)(C)C. The molecule has 2 amide bonds. The Hall–Kier alpha value is -3.13. The van der Waals surface area contributed by atoms with E-state index in [0.29, 0.717) is 0 Å². The van der Waals surface area contributed by atoms with Gasteiger partial charge in [0.2, 0.25) is 14.2 Å². The molecule has 0 unspecified atom stereocenters. The first kappa shape index (κ1) is 28.1. The smallest absolute Gasteiger partial charge is 0.410 e. The zero-order chi connectivity index (χ0) is 26.2. The van der Waals surface area contributed by atoms with Gasteiger partial charge in [-0.25, -0.2) is 4.79 Å². The van der Waals surface area contributed by atoms with Crippen molar-refractivity contribution in [1.82, 2.24) is 10.2 Å². The molecule has 0 aliphatic rings. The van der Waals surface area contributed by atoms with Crippen molar-refractivity contribution < 1.29 is 23.5 Å². The molecule has 0 aliphatic heterocycles. The summed E-state index contributed by atoms with van der Waals surface area (Å²) in [6.45, 7) is 11.1. The molecule has 0 saturated heterocycles. The lowest BCUT2D eigenvalue weighted by atomic mass is 10.0. The molecule has 0 radical (unpaired) electrons. The minimum absolute atomic E-state index is 0.267.